The summed E-state index contributed by atoms with van der Waals surface area (Å²) in [6, 6.07) is 0. The van der Waals surface area contributed by atoms with Crippen LogP contribution in [0, 0.1) is 0 Å². The van der Waals surface area contributed by atoms with Gasteiger partial charge in [-0.3, -0.25) is 0 Å². The Hall–Kier alpha value is 1.51. The Kier molecular flexibility index (Phi) is 25.6. The van der Waals surface area contributed by atoms with Crippen LogP contribution in [0.5, 0.6) is 0 Å². The number of unbranched alkanes of at least 4 members (excludes halogenated alkanes) is 16. The van der Waals surface area contributed by atoms with Crippen molar-refractivity contribution in [2.24, 2.45) is 0 Å². The minimum Gasteiger partial charge on any atom is -0.748 e. The molecular weight excluding hydrogens is 411 g/mol. The Balaban J connectivity index is 0. The van der Waals surface area contributed by atoms with Crippen LogP contribution in [0.3, 0.4) is 0 Å². The van der Waals surface area contributed by atoms with Gasteiger partial charge in [-0.05, 0) is 26.7 Å². The van der Waals surface area contributed by atoms with Crippen molar-refractivity contribution in [3.63, 3.8) is 0 Å². The van der Waals surface area contributed by atoms with Gasteiger partial charge in [0.05, 0.1) is 16.2 Å². The first-order chi connectivity index (χ1) is 13.3. The maximum atomic E-state index is 10.8. The molecule has 0 heterocycles. The summed E-state index contributed by atoms with van der Waals surface area (Å²) >= 11 is 0. The average Bonchev–Trinajstić information content (AvgIpc) is 2.62. The van der Waals surface area contributed by atoms with E-state index < -0.39 is 15.4 Å². The molecule has 0 aliphatic carbocycles. The SMILES string of the molecule is CC(O)CCCCCCCCCCCCCCCCCCCC(C)S(=O)(=O)[O-].[K+]. The van der Waals surface area contributed by atoms with Crippen LogP contribution >= 0.6 is 0 Å². The summed E-state index contributed by atoms with van der Waals surface area (Å²) in [7, 11) is -4.09. The predicted molar refractivity (Wildman–Crippen MR) is 119 cm³/mol. The Morgan fingerprint density at radius 2 is 0.828 bits per heavy atom. The van der Waals surface area contributed by atoms with Gasteiger partial charge < -0.3 is 9.66 Å². The smallest absolute Gasteiger partial charge is 0.748 e. The zero-order chi connectivity index (χ0) is 21.1. The molecule has 2 unspecified atom stereocenters. The largest absolute Gasteiger partial charge is 1.00 e. The first kappa shape index (κ1) is 32.7. The molecule has 0 radical (unpaired) electrons. The second-order valence-corrected chi connectivity index (χ2v) is 10.5. The monoisotopic (exact) mass is 458 g/mol. The standard InChI is InChI=1S/C23H48O4S.K/c1-22(24)20-18-16-14-12-10-8-6-4-3-5-7-9-11-13-15-17-19-21-23(2)28(25,26)27;/h22-24H,3-21H2,1-2H3,(H,25,26,27);/q;+1/p-1. The van der Waals surface area contributed by atoms with Crippen molar-refractivity contribution in [2.75, 3.05) is 0 Å². The Morgan fingerprint density at radius 1 is 0.586 bits per heavy atom. The van der Waals surface area contributed by atoms with Crippen LogP contribution in [0.4, 0.5) is 0 Å². The van der Waals surface area contributed by atoms with E-state index in [0.29, 0.717) is 6.42 Å². The summed E-state index contributed by atoms with van der Waals surface area (Å²) in [5, 5.41) is 8.47. The molecule has 6 heteroatoms. The van der Waals surface area contributed by atoms with Crippen molar-refractivity contribution in [1.29, 1.82) is 0 Å². The second kappa shape index (κ2) is 22.7. The molecule has 170 valence electrons. The number of hydrogen-bond acceptors (Lipinski definition) is 4. The summed E-state index contributed by atoms with van der Waals surface area (Å²) in [4.78, 5) is 0. The normalized spacial score (nSPS) is 13.8. The summed E-state index contributed by atoms with van der Waals surface area (Å²) in [5.41, 5.74) is 0. The van der Waals surface area contributed by atoms with Crippen molar-refractivity contribution in [3.05, 3.63) is 0 Å². The Bertz CT molecular complexity index is 427. The second-order valence-electron chi connectivity index (χ2n) is 8.74. The quantitative estimate of drug-likeness (QED) is 0.162. The minimum atomic E-state index is -4.09. The van der Waals surface area contributed by atoms with Gasteiger partial charge in [-0.1, -0.05) is 109 Å². The molecule has 0 saturated heterocycles. The summed E-state index contributed by atoms with van der Waals surface area (Å²) in [5.74, 6) is 0. The zero-order valence-corrected chi connectivity index (χ0v) is 23.6. The van der Waals surface area contributed by atoms with Crippen LogP contribution in [0.2, 0.25) is 0 Å². The topological polar surface area (TPSA) is 77.4 Å². The molecule has 2 atom stereocenters. The third-order valence-corrected chi connectivity index (χ3v) is 6.95. The van der Waals surface area contributed by atoms with E-state index in [4.69, 9.17) is 0 Å². The molecule has 0 aromatic heterocycles. The van der Waals surface area contributed by atoms with Crippen LogP contribution in [-0.4, -0.2) is 29.4 Å². The summed E-state index contributed by atoms with van der Waals surface area (Å²) < 4.78 is 32.4. The van der Waals surface area contributed by atoms with Crippen molar-refractivity contribution in [1.82, 2.24) is 0 Å². The van der Waals surface area contributed by atoms with E-state index in [1.165, 1.54) is 96.8 Å². The maximum absolute atomic E-state index is 10.8. The van der Waals surface area contributed by atoms with Crippen molar-refractivity contribution in [2.45, 2.75) is 147 Å². The molecule has 0 aromatic rings. The summed E-state index contributed by atoms with van der Waals surface area (Å²) in [6.45, 7) is 3.39. The van der Waals surface area contributed by atoms with E-state index in [-0.39, 0.29) is 57.5 Å². The van der Waals surface area contributed by atoms with Gasteiger partial charge in [0.2, 0.25) is 0 Å². The van der Waals surface area contributed by atoms with E-state index in [9.17, 15) is 18.1 Å². The first-order valence-corrected chi connectivity index (χ1v) is 13.4. The van der Waals surface area contributed by atoms with Crippen molar-refractivity contribution in [3.8, 4) is 0 Å². The van der Waals surface area contributed by atoms with E-state index in [1.807, 2.05) is 6.92 Å². The van der Waals surface area contributed by atoms with Gasteiger partial charge in [0, 0.05) is 5.25 Å². The molecule has 29 heavy (non-hydrogen) atoms. The van der Waals surface area contributed by atoms with E-state index in [1.54, 1.807) is 0 Å². The predicted octanol–water partition coefficient (Wildman–Crippen LogP) is 3.72. The molecule has 0 fully saturated rings. The number of hydrogen-bond donors (Lipinski definition) is 1. The molecule has 0 rings (SSSR count). The van der Waals surface area contributed by atoms with Crippen LogP contribution in [0.15, 0.2) is 0 Å². The average molecular weight is 459 g/mol. The Morgan fingerprint density at radius 3 is 1.07 bits per heavy atom. The number of aliphatic hydroxyl groups is 1. The van der Waals surface area contributed by atoms with E-state index >= 15 is 0 Å². The molecule has 0 aliphatic rings. The molecule has 0 aliphatic heterocycles. The first-order valence-electron chi connectivity index (χ1n) is 12.0. The van der Waals surface area contributed by atoms with Gasteiger partial charge in [0.25, 0.3) is 0 Å². The molecule has 0 bridgehead atoms. The van der Waals surface area contributed by atoms with Gasteiger partial charge in [0.15, 0.2) is 0 Å². The van der Waals surface area contributed by atoms with Gasteiger partial charge >= 0.3 is 51.4 Å². The van der Waals surface area contributed by atoms with Crippen LogP contribution < -0.4 is 51.4 Å². The molecular formula is C23H47KO4S. The third kappa shape index (κ3) is 25.6. The fraction of sp³-hybridized carbons (Fsp3) is 1.00. The van der Waals surface area contributed by atoms with Gasteiger partial charge in [-0.25, -0.2) is 8.42 Å². The molecule has 0 amide bonds. The van der Waals surface area contributed by atoms with E-state index in [2.05, 4.69) is 0 Å². The van der Waals surface area contributed by atoms with Crippen LogP contribution in [0.25, 0.3) is 0 Å². The summed E-state index contributed by atoms with van der Waals surface area (Å²) in [6.07, 6.45) is 22.9. The van der Waals surface area contributed by atoms with Gasteiger partial charge in [-0.2, -0.15) is 0 Å². The van der Waals surface area contributed by atoms with Crippen LogP contribution in [0.1, 0.15) is 136 Å². The van der Waals surface area contributed by atoms with Crippen molar-refractivity contribution < 1.29 is 69.5 Å². The molecule has 0 spiro atoms. The van der Waals surface area contributed by atoms with Gasteiger partial charge in [0.1, 0.15) is 0 Å². The number of aliphatic hydroxyl groups excluding tert-OH is 1. The minimum absolute atomic E-state index is 0. The molecule has 4 nitrogen and oxygen atoms in total. The van der Waals surface area contributed by atoms with Crippen molar-refractivity contribution >= 4 is 10.1 Å². The zero-order valence-electron chi connectivity index (χ0n) is 19.7. The molecule has 1 N–H and O–H groups in total. The third-order valence-electron chi connectivity index (χ3n) is 5.73. The fourth-order valence-electron chi connectivity index (χ4n) is 3.67. The van der Waals surface area contributed by atoms with Gasteiger partial charge in [-0.15, -0.1) is 0 Å². The fourth-order valence-corrected chi connectivity index (χ4v) is 4.12. The molecule has 0 saturated carbocycles. The van der Waals surface area contributed by atoms with Crippen LogP contribution in [-0.2, 0) is 10.1 Å². The van der Waals surface area contributed by atoms with E-state index in [0.717, 1.165) is 25.7 Å². The Labute approximate surface area is 224 Å². The number of rotatable bonds is 21. The molecule has 0 aromatic carbocycles. The maximum Gasteiger partial charge on any atom is 1.00 e.